The molecular weight excluding hydrogens is 322 g/mol. The van der Waals surface area contributed by atoms with Gasteiger partial charge in [0.15, 0.2) is 5.76 Å². The number of rotatable bonds is 4. The first-order chi connectivity index (χ1) is 11.9. The fourth-order valence-electron chi connectivity index (χ4n) is 2.68. The molecule has 3 heterocycles. The van der Waals surface area contributed by atoms with Crippen LogP contribution in [0.3, 0.4) is 0 Å². The minimum absolute atomic E-state index is 0.145. The highest BCUT2D eigenvalue weighted by molar-refractivity contribution is 6.00. The van der Waals surface area contributed by atoms with Crippen LogP contribution in [0.1, 0.15) is 45.0 Å². The summed E-state index contributed by atoms with van der Waals surface area (Å²) in [5.41, 5.74) is 0.567. The van der Waals surface area contributed by atoms with Gasteiger partial charge in [-0.1, -0.05) is 31.1 Å². The van der Waals surface area contributed by atoms with Gasteiger partial charge in [-0.15, -0.1) is 0 Å². The summed E-state index contributed by atoms with van der Waals surface area (Å²) in [4.78, 5) is 12.7. The first kappa shape index (κ1) is 15.7. The van der Waals surface area contributed by atoms with Crippen LogP contribution < -0.4 is 5.32 Å². The smallest absolute Gasteiger partial charge is 0.239 e. The van der Waals surface area contributed by atoms with E-state index < -0.39 is 5.41 Å². The van der Waals surface area contributed by atoms with Gasteiger partial charge in [0, 0.05) is 17.5 Å². The molecule has 25 heavy (non-hydrogen) atoms. The molecule has 0 unspecified atom stereocenters. The standard InChI is InChI=1S/C18H19N3O4/c1-17(2,3)13-10-15(25-20-13)19-16(22)18(6-7-18)14-9-12(24-21-14)11-5-4-8-23-11/h4-5,8-10H,6-7H2,1-3H3,(H,19,22). The predicted molar refractivity (Wildman–Crippen MR) is 88.9 cm³/mol. The number of hydrogen-bond acceptors (Lipinski definition) is 6. The molecule has 7 nitrogen and oxygen atoms in total. The monoisotopic (exact) mass is 341 g/mol. The Bertz CT molecular complexity index is 895. The van der Waals surface area contributed by atoms with Gasteiger partial charge in [0.25, 0.3) is 0 Å². The molecule has 0 aliphatic heterocycles. The zero-order valence-electron chi connectivity index (χ0n) is 14.3. The summed E-state index contributed by atoms with van der Waals surface area (Å²) in [5.74, 6) is 1.27. The summed E-state index contributed by atoms with van der Waals surface area (Å²) in [7, 11) is 0. The third-order valence-electron chi connectivity index (χ3n) is 4.46. The third kappa shape index (κ3) is 2.75. The molecule has 4 rings (SSSR count). The Morgan fingerprint density at radius 2 is 1.96 bits per heavy atom. The third-order valence-corrected chi connectivity index (χ3v) is 4.46. The van der Waals surface area contributed by atoms with E-state index in [1.165, 1.54) is 0 Å². The molecule has 130 valence electrons. The molecule has 1 fully saturated rings. The molecule has 0 atom stereocenters. The quantitative estimate of drug-likeness (QED) is 0.773. The fraction of sp³-hybridized carbons (Fsp3) is 0.389. The summed E-state index contributed by atoms with van der Waals surface area (Å²) in [6.07, 6.45) is 2.99. The van der Waals surface area contributed by atoms with Gasteiger partial charge in [0.2, 0.25) is 17.6 Å². The Labute approximate surface area is 144 Å². The predicted octanol–water partition coefficient (Wildman–Crippen LogP) is 3.89. The largest absolute Gasteiger partial charge is 0.461 e. The SMILES string of the molecule is CC(C)(C)c1cc(NC(=O)C2(c3cc(-c4ccco4)on3)CC2)on1. The van der Waals surface area contributed by atoms with Gasteiger partial charge in [-0.2, -0.15) is 0 Å². The van der Waals surface area contributed by atoms with Crippen LogP contribution >= 0.6 is 0 Å². The number of carbonyl (C=O) groups is 1. The molecule has 3 aromatic rings. The van der Waals surface area contributed by atoms with Gasteiger partial charge in [-0.25, -0.2) is 0 Å². The lowest BCUT2D eigenvalue weighted by atomic mass is 9.92. The Balaban J connectivity index is 1.53. The normalized spacial score (nSPS) is 16.0. The highest BCUT2D eigenvalue weighted by Crippen LogP contribution is 2.49. The van der Waals surface area contributed by atoms with Crippen LogP contribution in [0.15, 0.2) is 44.0 Å². The van der Waals surface area contributed by atoms with Crippen LogP contribution in [-0.2, 0) is 15.6 Å². The van der Waals surface area contributed by atoms with Crippen molar-refractivity contribution in [3.05, 3.63) is 41.9 Å². The van der Waals surface area contributed by atoms with E-state index in [2.05, 4.69) is 15.6 Å². The molecule has 1 saturated carbocycles. The lowest BCUT2D eigenvalue weighted by molar-refractivity contribution is -0.118. The van der Waals surface area contributed by atoms with Gasteiger partial charge < -0.3 is 13.5 Å². The summed E-state index contributed by atoms with van der Waals surface area (Å²) < 4.78 is 15.9. The molecule has 1 aliphatic carbocycles. The van der Waals surface area contributed by atoms with Crippen molar-refractivity contribution in [3.8, 4) is 11.5 Å². The lowest BCUT2D eigenvalue weighted by Gasteiger charge is -2.12. The second kappa shape index (κ2) is 5.34. The number of furan rings is 1. The van der Waals surface area contributed by atoms with E-state index in [0.29, 0.717) is 35.9 Å². The molecule has 0 radical (unpaired) electrons. The first-order valence-corrected chi connectivity index (χ1v) is 8.18. The maximum Gasteiger partial charge on any atom is 0.239 e. The van der Waals surface area contributed by atoms with Crippen LogP contribution in [0.4, 0.5) is 5.88 Å². The number of amides is 1. The van der Waals surface area contributed by atoms with Crippen molar-refractivity contribution in [2.75, 3.05) is 5.32 Å². The van der Waals surface area contributed by atoms with Crippen molar-refractivity contribution in [2.45, 2.75) is 44.4 Å². The number of anilines is 1. The Kier molecular flexibility index (Phi) is 3.35. The molecule has 0 saturated heterocycles. The van der Waals surface area contributed by atoms with Crippen LogP contribution in [-0.4, -0.2) is 16.2 Å². The molecular formula is C18H19N3O4. The summed E-state index contributed by atoms with van der Waals surface area (Å²) >= 11 is 0. The average molecular weight is 341 g/mol. The molecule has 7 heteroatoms. The van der Waals surface area contributed by atoms with Crippen molar-refractivity contribution in [2.24, 2.45) is 0 Å². The second-order valence-corrected chi connectivity index (χ2v) is 7.42. The minimum Gasteiger partial charge on any atom is -0.461 e. The maximum atomic E-state index is 12.7. The highest BCUT2D eigenvalue weighted by atomic mass is 16.5. The van der Waals surface area contributed by atoms with Crippen molar-refractivity contribution in [1.82, 2.24) is 10.3 Å². The maximum absolute atomic E-state index is 12.7. The van der Waals surface area contributed by atoms with Gasteiger partial charge in [0.05, 0.1) is 23.1 Å². The van der Waals surface area contributed by atoms with Crippen molar-refractivity contribution < 1.29 is 18.3 Å². The highest BCUT2D eigenvalue weighted by Gasteiger charge is 2.54. The molecule has 0 aromatic carbocycles. The zero-order valence-corrected chi connectivity index (χ0v) is 14.3. The molecule has 1 N–H and O–H groups in total. The van der Waals surface area contributed by atoms with Gasteiger partial charge in [0.1, 0.15) is 0 Å². The molecule has 0 bridgehead atoms. The number of carbonyl (C=O) groups excluding carboxylic acids is 1. The van der Waals surface area contributed by atoms with E-state index in [4.69, 9.17) is 13.5 Å². The Morgan fingerprint density at radius 1 is 1.16 bits per heavy atom. The van der Waals surface area contributed by atoms with Crippen molar-refractivity contribution in [1.29, 1.82) is 0 Å². The summed E-state index contributed by atoms with van der Waals surface area (Å²) in [6, 6.07) is 7.07. The number of hydrogen-bond donors (Lipinski definition) is 1. The Morgan fingerprint density at radius 3 is 2.56 bits per heavy atom. The molecule has 1 aliphatic rings. The van der Waals surface area contributed by atoms with E-state index in [1.54, 1.807) is 30.5 Å². The van der Waals surface area contributed by atoms with E-state index in [9.17, 15) is 4.79 Å². The van der Waals surface area contributed by atoms with Crippen LogP contribution in [0.25, 0.3) is 11.5 Å². The summed E-state index contributed by atoms with van der Waals surface area (Å²) in [6.45, 7) is 6.10. The van der Waals surface area contributed by atoms with E-state index in [-0.39, 0.29) is 11.3 Å². The fourth-order valence-corrected chi connectivity index (χ4v) is 2.68. The van der Waals surface area contributed by atoms with Crippen molar-refractivity contribution >= 4 is 11.8 Å². The zero-order chi connectivity index (χ0) is 17.7. The van der Waals surface area contributed by atoms with Crippen LogP contribution in [0.2, 0.25) is 0 Å². The second-order valence-electron chi connectivity index (χ2n) is 7.42. The van der Waals surface area contributed by atoms with Gasteiger partial charge in [-0.3, -0.25) is 10.1 Å². The topological polar surface area (TPSA) is 94.3 Å². The molecule has 3 aromatic heterocycles. The minimum atomic E-state index is -0.678. The number of aromatic nitrogens is 2. The molecule has 1 amide bonds. The molecule has 0 spiro atoms. The Hall–Kier alpha value is -2.83. The van der Waals surface area contributed by atoms with E-state index in [1.807, 2.05) is 20.8 Å². The van der Waals surface area contributed by atoms with Crippen LogP contribution in [0.5, 0.6) is 0 Å². The first-order valence-electron chi connectivity index (χ1n) is 8.18. The van der Waals surface area contributed by atoms with Gasteiger partial charge >= 0.3 is 0 Å². The number of nitrogens with zero attached hydrogens (tertiary/aromatic N) is 2. The summed E-state index contributed by atoms with van der Waals surface area (Å²) in [5, 5.41) is 10.9. The van der Waals surface area contributed by atoms with E-state index in [0.717, 1.165) is 5.69 Å². The van der Waals surface area contributed by atoms with Crippen LogP contribution in [0, 0.1) is 0 Å². The average Bonchev–Trinajstić information content (AvgIpc) is 3.02. The lowest BCUT2D eigenvalue weighted by Crippen LogP contribution is -2.28. The van der Waals surface area contributed by atoms with Gasteiger partial charge in [-0.05, 0) is 25.0 Å². The number of nitrogens with one attached hydrogen (secondary N) is 1. The van der Waals surface area contributed by atoms with Crippen molar-refractivity contribution in [3.63, 3.8) is 0 Å². The van der Waals surface area contributed by atoms with E-state index >= 15 is 0 Å².